The second-order valence-corrected chi connectivity index (χ2v) is 7.53. The molecule has 2 saturated heterocycles. The van der Waals surface area contributed by atoms with Crippen molar-refractivity contribution in [3.8, 4) is 11.8 Å². The highest BCUT2D eigenvalue weighted by Gasteiger charge is 2.56. The highest BCUT2D eigenvalue weighted by molar-refractivity contribution is 5.97. The lowest BCUT2D eigenvalue weighted by Gasteiger charge is -2.25. The molecule has 6 heteroatoms. The second kappa shape index (κ2) is 5.48. The van der Waals surface area contributed by atoms with E-state index in [-0.39, 0.29) is 17.2 Å². The molecule has 1 saturated carbocycles. The van der Waals surface area contributed by atoms with Crippen LogP contribution in [0.15, 0.2) is 24.3 Å². The Morgan fingerprint density at radius 1 is 1.28 bits per heavy atom. The molecule has 2 heterocycles. The van der Waals surface area contributed by atoms with Crippen LogP contribution >= 0.6 is 0 Å². The molecule has 0 radical (unpaired) electrons. The zero-order valence-corrected chi connectivity index (χ0v) is 14.3. The highest BCUT2D eigenvalue weighted by atomic mass is 16.5. The van der Waals surface area contributed by atoms with Crippen LogP contribution in [0, 0.1) is 22.2 Å². The van der Waals surface area contributed by atoms with E-state index in [2.05, 4.69) is 6.07 Å². The number of rotatable bonds is 3. The fourth-order valence-electron chi connectivity index (χ4n) is 4.09. The fourth-order valence-corrected chi connectivity index (χ4v) is 4.09. The molecule has 2 aliphatic heterocycles. The lowest BCUT2D eigenvalue weighted by Crippen LogP contribution is -2.37. The van der Waals surface area contributed by atoms with Gasteiger partial charge in [0.2, 0.25) is 11.8 Å². The number of nitriles is 1. The van der Waals surface area contributed by atoms with Gasteiger partial charge >= 0.3 is 0 Å². The van der Waals surface area contributed by atoms with Gasteiger partial charge in [0.15, 0.2) is 0 Å². The highest BCUT2D eigenvalue weighted by Crippen LogP contribution is 2.49. The number of carbonyl (C=O) groups is 2. The molecular formula is C19H21N3O3. The summed E-state index contributed by atoms with van der Waals surface area (Å²) >= 11 is 0. The number of carbonyl (C=O) groups excluding carboxylic acids is 2. The van der Waals surface area contributed by atoms with Crippen molar-refractivity contribution < 1.29 is 14.3 Å². The Balaban J connectivity index is 1.50. The predicted octanol–water partition coefficient (Wildman–Crippen LogP) is 1.95. The van der Waals surface area contributed by atoms with Crippen molar-refractivity contribution in [3.05, 3.63) is 24.3 Å². The van der Waals surface area contributed by atoms with Gasteiger partial charge in [-0.1, -0.05) is 6.07 Å². The molecular weight excluding hydrogens is 318 g/mol. The van der Waals surface area contributed by atoms with Crippen molar-refractivity contribution in [1.82, 2.24) is 4.90 Å². The zero-order valence-electron chi connectivity index (χ0n) is 14.3. The Hall–Kier alpha value is -2.55. The van der Waals surface area contributed by atoms with Gasteiger partial charge in [0.1, 0.15) is 11.2 Å². The molecule has 0 N–H and O–H groups in total. The maximum atomic E-state index is 12.6. The van der Waals surface area contributed by atoms with E-state index in [4.69, 9.17) is 4.74 Å². The number of hydrogen-bond acceptors (Lipinski definition) is 4. The standard InChI is InChI=1S/C19H21N3O3/c1-25-15-4-2-3-14(9-15)22-13-18(10-16(22)23)7-8-21(12-18)17(24)19(11-20)5-6-19/h2-4,9H,5-8,10,12-13H2,1H3/t18-/m0/s1. The molecule has 130 valence electrons. The summed E-state index contributed by atoms with van der Waals surface area (Å²) in [7, 11) is 1.61. The van der Waals surface area contributed by atoms with Gasteiger partial charge in [0.05, 0.1) is 13.2 Å². The summed E-state index contributed by atoms with van der Waals surface area (Å²) in [6.07, 6.45) is 2.60. The molecule has 0 unspecified atom stereocenters. The molecule has 1 aromatic rings. The summed E-state index contributed by atoms with van der Waals surface area (Å²) in [5, 5.41) is 9.25. The van der Waals surface area contributed by atoms with Crippen LogP contribution < -0.4 is 9.64 Å². The van der Waals surface area contributed by atoms with Crippen LogP contribution in [0.25, 0.3) is 0 Å². The minimum atomic E-state index is -0.777. The summed E-state index contributed by atoms with van der Waals surface area (Å²) in [6.45, 7) is 1.82. The van der Waals surface area contributed by atoms with Crippen molar-refractivity contribution in [3.63, 3.8) is 0 Å². The van der Waals surface area contributed by atoms with Crippen LogP contribution in [0.3, 0.4) is 0 Å². The summed E-state index contributed by atoms with van der Waals surface area (Å²) < 4.78 is 5.25. The molecule has 2 amide bonds. The number of likely N-dealkylation sites (tertiary alicyclic amines) is 1. The lowest BCUT2D eigenvalue weighted by molar-refractivity contribution is -0.134. The number of anilines is 1. The normalized spacial score (nSPS) is 26.8. The minimum Gasteiger partial charge on any atom is -0.497 e. The minimum absolute atomic E-state index is 0.0424. The molecule has 6 nitrogen and oxygen atoms in total. The van der Waals surface area contributed by atoms with E-state index in [1.807, 2.05) is 24.3 Å². The van der Waals surface area contributed by atoms with Crippen LogP contribution in [0.5, 0.6) is 5.75 Å². The smallest absolute Gasteiger partial charge is 0.243 e. The van der Waals surface area contributed by atoms with Crippen molar-refractivity contribution in [1.29, 1.82) is 5.26 Å². The Morgan fingerprint density at radius 2 is 2.08 bits per heavy atom. The number of nitrogens with zero attached hydrogens (tertiary/aromatic N) is 3. The summed E-state index contributed by atoms with van der Waals surface area (Å²) in [6, 6.07) is 9.68. The third-order valence-electron chi connectivity index (χ3n) is 5.78. The summed E-state index contributed by atoms with van der Waals surface area (Å²) in [5.41, 5.74) is -0.135. The maximum absolute atomic E-state index is 12.6. The van der Waals surface area contributed by atoms with Crippen molar-refractivity contribution in [2.75, 3.05) is 31.6 Å². The van der Waals surface area contributed by atoms with E-state index < -0.39 is 5.41 Å². The quantitative estimate of drug-likeness (QED) is 0.844. The topological polar surface area (TPSA) is 73.6 Å². The zero-order chi connectivity index (χ0) is 17.7. The Bertz CT molecular complexity index is 780. The maximum Gasteiger partial charge on any atom is 0.243 e. The molecule has 25 heavy (non-hydrogen) atoms. The molecule has 1 spiro atoms. The summed E-state index contributed by atoms with van der Waals surface area (Å²) in [5.74, 6) is 0.766. The van der Waals surface area contributed by atoms with E-state index >= 15 is 0 Å². The number of benzene rings is 1. The predicted molar refractivity (Wildman–Crippen MR) is 90.9 cm³/mol. The van der Waals surface area contributed by atoms with Crippen molar-refractivity contribution in [2.24, 2.45) is 10.8 Å². The first-order chi connectivity index (χ1) is 12.0. The first kappa shape index (κ1) is 15.9. The number of methoxy groups -OCH3 is 1. The van der Waals surface area contributed by atoms with E-state index in [1.165, 1.54) is 0 Å². The molecule has 1 aliphatic carbocycles. The Kier molecular flexibility index (Phi) is 3.50. The fraction of sp³-hybridized carbons (Fsp3) is 0.526. The van der Waals surface area contributed by atoms with Gasteiger partial charge in [-0.2, -0.15) is 5.26 Å². The first-order valence-corrected chi connectivity index (χ1v) is 8.66. The van der Waals surface area contributed by atoms with E-state index in [1.54, 1.807) is 16.9 Å². The largest absolute Gasteiger partial charge is 0.497 e. The van der Waals surface area contributed by atoms with Crippen molar-refractivity contribution >= 4 is 17.5 Å². The Morgan fingerprint density at radius 3 is 2.76 bits per heavy atom. The average Bonchev–Trinajstić information content (AvgIpc) is 3.24. The molecule has 0 aromatic heterocycles. The van der Waals surface area contributed by atoms with Crippen LogP contribution in [-0.2, 0) is 9.59 Å². The Labute approximate surface area is 147 Å². The van der Waals surface area contributed by atoms with Gasteiger partial charge in [0, 0.05) is 43.2 Å². The third kappa shape index (κ3) is 2.55. The van der Waals surface area contributed by atoms with Gasteiger partial charge in [0.25, 0.3) is 0 Å². The first-order valence-electron chi connectivity index (χ1n) is 8.66. The molecule has 0 bridgehead atoms. The molecule has 3 aliphatic rings. The number of amides is 2. The molecule has 3 fully saturated rings. The van der Waals surface area contributed by atoms with Crippen LogP contribution in [-0.4, -0.2) is 43.5 Å². The van der Waals surface area contributed by atoms with E-state index in [9.17, 15) is 14.9 Å². The van der Waals surface area contributed by atoms with E-state index in [0.29, 0.717) is 38.9 Å². The van der Waals surface area contributed by atoms with Gasteiger partial charge in [-0.15, -0.1) is 0 Å². The number of ether oxygens (including phenoxy) is 1. The second-order valence-electron chi connectivity index (χ2n) is 7.53. The summed E-state index contributed by atoms with van der Waals surface area (Å²) in [4.78, 5) is 28.8. The average molecular weight is 339 g/mol. The lowest BCUT2D eigenvalue weighted by atomic mass is 9.86. The van der Waals surface area contributed by atoms with Gasteiger partial charge in [-0.3, -0.25) is 9.59 Å². The van der Waals surface area contributed by atoms with Crippen LogP contribution in [0.2, 0.25) is 0 Å². The van der Waals surface area contributed by atoms with E-state index in [0.717, 1.165) is 17.9 Å². The molecule has 1 aromatic carbocycles. The molecule has 4 rings (SSSR count). The number of hydrogen-bond donors (Lipinski definition) is 0. The van der Waals surface area contributed by atoms with Gasteiger partial charge in [-0.05, 0) is 31.4 Å². The van der Waals surface area contributed by atoms with Crippen LogP contribution in [0.1, 0.15) is 25.7 Å². The van der Waals surface area contributed by atoms with Gasteiger partial charge in [-0.25, -0.2) is 0 Å². The SMILES string of the molecule is COc1cccc(N2C[C@@]3(CCN(C(=O)C4(C#N)CC4)C3)CC2=O)c1. The van der Waals surface area contributed by atoms with Gasteiger partial charge < -0.3 is 14.5 Å². The van der Waals surface area contributed by atoms with Crippen molar-refractivity contribution in [2.45, 2.75) is 25.7 Å². The monoisotopic (exact) mass is 339 g/mol. The third-order valence-corrected chi connectivity index (χ3v) is 5.78. The van der Waals surface area contributed by atoms with Crippen LogP contribution in [0.4, 0.5) is 5.69 Å². The molecule has 1 atom stereocenters.